The van der Waals surface area contributed by atoms with E-state index < -0.39 is 24.5 Å². The summed E-state index contributed by atoms with van der Waals surface area (Å²) in [7, 11) is 0. The Labute approximate surface area is 129 Å². The van der Waals surface area contributed by atoms with E-state index in [0.29, 0.717) is 5.69 Å². The summed E-state index contributed by atoms with van der Waals surface area (Å²) >= 11 is 0. The van der Waals surface area contributed by atoms with Gasteiger partial charge >= 0.3 is 6.18 Å². The van der Waals surface area contributed by atoms with Gasteiger partial charge in [-0.1, -0.05) is 18.2 Å². The Morgan fingerprint density at radius 2 is 2.04 bits per heavy atom. The number of rotatable bonds is 5. The number of nitrogens with zero attached hydrogens (tertiary/aromatic N) is 2. The van der Waals surface area contributed by atoms with Crippen molar-refractivity contribution in [1.82, 2.24) is 15.5 Å². The van der Waals surface area contributed by atoms with Crippen LogP contribution >= 0.6 is 0 Å². The minimum Gasteiger partial charge on any atom is -0.340 e. The molecule has 2 rings (SSSR count). The zero-order valence-corrected chi connectivity index (χ0v) is 11.7. The molecule has 0 spiro atoms. The van der Waals surface area contributed by atoms with Crippen LogP contribution in [0.4, 0.5) is 24.7 Å². The summed E-state index contributed by atoms with van der Waals surface area (Å²) in [6.07, 6.45) is -4.46. The van der Waals surface area contributed by atoms with Crippen molar-refractivity contribution in [2.75, 3.05) is 5.32 Å². The number of halogens is 3. The van der Waals surface area contributed by atoms with Gasteiger partial charge < -0.3 is 10.6 Å². The van der Waals surface area contributed by atoms with E-state index in [4.69, 9.17) is 5.26 Å². The van der Waals surface area contributed by atoms with Crippen LogP contribution in [-0.4, -0.2) is 28.3 Å². The number of hydrogen-bond acceptors (Lipinski definition) is 4. The Bertz CT molecular complexity index is 705. The quantitative estimate of drug-likeness (QED) is 0.788. The monoisotopic (exact) mass is 323 g/mol. The van der Waals surface area contributed by atoms with Gasteiger partial charge in [0.2, 0.25) is 0 Å². The van der Waals surface area contributed by atoms with Crippen molar-refractivity contribution < 1.29 is 18.0 Å². The number of hydrogen-bond donors (Lipinski definition) is 3. The van der Waals surface area contributed by atoms with Crippen LogP contribution in [0, 0.1) is 11.3 Å². The zero-order chi connectivity index (χ0) is 16.9. The van der Waals surface area contributed by atoms with Crippen molar-refractivity contribution in [2.24, 2.45) is 0 Å². The van der Waals surface area contributed by atoms with Gasteiger partial charge in [-0.15, -0.1) is 0 Å². The van der Waals surface area contributed by atoms with E-state index >= 15 is 0 Å². The van der Waals surface area contributed by atoms with Crippen molar-refractivity contribution >= 4 is 17.4 Å². The molecule has 1 unspecified atom stereocenters. The maximum atomic E-state index is 12.8. The molecule has 0 aliphatic rings. The molecular weight excluding hydrogens is 311 g/mol. The average Bonchev–Trinajstić information content (AvgIpc) is 2.95. The Kier molecular flexibility index (Phi) is 4.85. The number of benzene rings is 1. The van der Waals surface area contributed by atoms with Crippen LogP contribution in [0.1, 0.15) is 16.8 Å². The molecule has 120 valence electrons. The molecular formula is C14H12F3N5O. The second-order valence-electron chi connectivity index (χ2n) is 4.58. The lowest BCUT2D eigenvalue weighted by Gasteiger charge is -2.19. The first-order valence-corrected chi connectivity index (χ1v) is 6.51. The summed E-state index contributed by atoms with van der Waals surface area (Å²) < 4.78 is 38.3. The van der Waals surface area contributed by atoms with Crippen molar-refractivity contribution in [3.8, 4) is 6.07 Å². The fourth-order valence-electron chi connectivity index (χ4n) is 1.80. The number of carbonyl (C=O) groups excluding carboxylic acids is 1. The molecule has 1 aromatic carbocycles. The number of anilines is 2. The third-order valence-corrected chi connectivity index (χ3v) is 2.92. The van der Waals surface area contributed by atoms with Crippen molar-refractivity contribution in [2.45, 2.75) is 18.6 Å². The number of aromatic amines is 1. The van der Waals surface area contributed by atoms with Gasteiger partial charge in [-0.05, 0) is 12.1 Å². The van der Waals surface area contributed by atoms with E-state index in [1.54, 1.807) is 35.6 Å². The van der Waals surface area contributed by atoms with E-state index in [2.05, 4.69) is 15.5 Å². The molecule has 0 radical (unpaired) electrons. The number of nitriles is 1. The van der Waals surface area contributed by atoms with Gasteiger partial charge in [0, 0.05) is 5.69 Å². The minimum atomic E-state index is -4.71. The lowest BCUT2D eigenvalue weighted by molar-refractivity contribution is -0.152. The first-order valence-electron chi connectivity index (χ1n) is 6.51. The molecule has 9 heteroatoms. The summed E-state index contributed by atoms with van der Waals surface area (Å²) in [6, 6.07) is 7.91. The van der Waals surface area contributed by atoms with Gasteiger partial charge in [-0.2, -0.15) is 23.5 Å². The van der Waals surface area contributed by atoms with Crippen LogP contribution in [0.15, 0.2) is 36.5 Å². The Hall–Kier alpha value is -3.02. The highest BCUT2D eigenvalue weighted by molar-refractivity contribution is 5.99. The fraction of sp³-hybridized carbons (Fsp3) is 0.214. The van der Waals surface area contributed by atoms with Crippen LogP contribution < -0.4 is 10.6 Å². The van der Waals surface area contributed by atoms with Crippen LogP contribution in [-0.2, 0) is 0 Å². The van der Waals surface area contributed by atoms with Gasteiger partial charge in [0.15, 0.2) is 0 Å². The minimum absolute atomic E-state index is 0.0824. The number of alkyl halides is 3. The molecule has 1 aromatic heterocycles. The van der Waals surface area contributed by atoms with E-state index in [1.807, 2.05) is 0 Å². The second-order valence-corrected chi connectivity index (χ2v) is 4.58. The standard InChI is InChI=1S/C14H12F3N5O/c15-14(16,17)11(6-7-18)21-13(23)10-8-19-22-12(10)20-9-4-2-1-3-5-9/h1-5,8,11H,6H2,(H,21,23)(H2,19,20,22). The van der Waals surface area contributed by atoms with E-state index in [9.17, 15) is 18.0 Å². The third-order valence-electron chi connectivity index (χ3n) is 2.92. The maximum absolute atomic E-state index is 12.8. The average molecular weight is 323 g/mol. The topological polar surface area (TPSA) is 93.6 Å². The van der Waals surface area contributed by atoms with E-state index in [0.717, 1.165) is 6.20 Å². The molecule has 3 N–H and O–H groups in total. The number of amides is 1. The van der Waals surface area contributed by atoms with Gasteiger partial charge in [0.25, 0.3) is 5.91 Å². The Balaban J connectivity index is 2.14. The fourth-order valence-corrected chi connectivity index (χ4v) is 1.80. The number of nitrogens with one attached hydrogen (secondary N) is 3. The van der Waals surface area contributed by atoms with E-state index in [-0.39, 0.29) is 11.4 Å². The normalized spacial score (nSPS) is 12.3. The molecule has 0 bridgehead atoms. The van der Waals surface area contributed by atoms with Crippen LogP contribution in [0.25, 0.3) is 0 Å². The first kappa shape index (κ1) is 16.4. The summed E-state index contributed by atoms with van der Waals surface area (Å²) in [4.78, 5) is 12.0. The predicted octanol–water partition coefficient (Wildman–Crippen LogP) is 2.73. The summed E-state index contributed by atoms with van der Waals surface area (Å²) in [5.41, 5.74) is 0.552. The molecule has 6 nitrogen and oxygen atoms in total. The highest BCUT2D eigenvalue weighted by Gasteiger charge is 2.41. The summed E-state index contributed by atoms with van der Waals surface area (Å²) in [5.74, 6) is -0.818. The molecule has 23 heavy (non-hydrogen) atoms. The second kappa shape index (κ2) is 6.83. The Morgan fingerprint density at radius 1 is 1.35 bits per heavy atom. The predicted molar refractivity (Wildman–Crippen MR) is 75.9 cm³/mol. The SMILES string of the molecule is N#CCC(NC(=O)c1cn[nH]c1Nc1ccccc1)C(F)(F)F. The molecule has 0 saturated heterocycles. The molecule has 1 atom stereocenters. The van der Waals surface area contributed by atoms with Crippen LogP contribution in [0.2, 0.25) is 0 Å². The maximum Gasteiger partial charge on any atom is 0.409 e. The third kappa shape index (κ3) is 4.23. The highest BCUT2D eigenvalue weighted by atomic mass is 19.4. The molecule has 0 aliphatic carbocycles. The van der Waals surface area contributed by atoms with Gasteiger partial charge in [-0.25, -0.2) is 0 Å². The lowest BCUT2D eigenvalue weighted by atomic mass is 10.2. The zero-order valence-electron chi connectivity index (χ0n) is 11.7. The van der Waals surface area contributed by atoms with Gasteiger partial charge in [0.05, 0.1) is 18.7 Å². The highest BCUT2D eigenvalue weighted by Crippen LogP contribution is 2.24. The number of para-hydroxylation sites is 1. The largest absolute Gasteiger partial charge is 0.409 e. The molecule has 1 amide bonds. The van der Waals surface area contributed by atoms with Crippen molar-refractivity contribution in [1.29, 1.82) is 5.26 Å². The van der Waals surface area contributed by atoms with Crippen molar-refractivity contribution in [3.05, 3.63) is 42.1 Å². The molecule has 0 saturated carbocycles. The number of carbonyl (C=O) groups is 1. The molecule has 0 aliphatic heterocycles. The lowest BCUT2D eigenvalue weighted by Crippen LogP contribution is -2.45. The summed E-state index contributed by atoms with van der Waals surface area (Å²) in [6.45, 7) is 0. The number of H-pyrrole nitrogens is 1. The molecule has 1 heterocycles. The first-order chi connectivity index (χ1) is 10.9. The molecule has 2 aromatic rings. The number of aromatic nitrogens is 2. The Morgan fingerprint density at radius 3 is 2.65 bits per heavy atom. The van der Waals surface area contributed by atoms with Gasteiger partial charge in [0.1, 0.15) is 17.4 Å². The van der Waals surface area contributed by atoms with Crippen molar-refractivity contribution in [3.63, 3.8) is 0 Å². The summed E-state index contributed by atoms with van der Waals surface area (Å²) in [5, 5.41) is 19.3. The van der Waals surface area contributed by atoms with Crippen LogP contribution in [0.5, 0.6) is 0 Å². The van der Waals surface area contributed by atoms with E-state index in [1.165, 1.54) is 6.07 Å². The molecule has 0 fully saturated rings. The smallest absolute Gasteiger partial charge is 0.340 e. The van der Waals surface area contributed by atoms with Crippen LogP contribution in [0.3, 0.4) is 0 Å². The van der Waals surface area contributed by atoms with Gasteiger partial charge in [-0.3, -0.25) is 9.89 Å².